The number of hydrogen-bond acceptors (Lipinski definition) is 5. The second-order valence-corrected chi connectivity index (χ2v) is 9.51. The van der Waals surface area contributed by atoms with Crippen LogP contribution in [0, 0.1) is 5.41 Å². The molecule has 1 aromatic heterocycles. The lowest BCUT2D eigenvalue weighted by atomic mass is 9.91. The highest BCUT2D eigenvalue weighted by Crippen LogP contribution is 2.30. The Labute approximate surface area is 171 Å². The number of carbonyl (C=O) groups excluding carboxylic acids is 1. The summed E-state index contributed by atoms with van der Waals surface area (Å²) in [5.41, 5.74) is 0.825. The molecule has 3 rings (SSSR count). The van der Waals surface area contributed by atoms with E-state index in [2.05, 4.69) is 23.7 Å². The highest BCUT2D eigenvalue weighted by atomic mass is 16.6. The summed E-state index contributed by atoms with van der Waals surface area (Å²) in [6.07, 6.45) is 2.04. The van der Waals surface area contributed by atoms with Gasteiger partial charge in [0, 0.05) is 31.1 Å². The Kier molecular flexibility index (Phi) is 5.72. The molecule has 1 saturated heterocycles. The van der Waals surface area contributed by atoms with E-state index in [-0.39, 0.29) is 23.0 Å². The number of imidazole rings is 1. The molecule has 1 fully saturated rings. The molecule has 7 heteroatoms. The Hall–Kier alpha value is -2.41. The van der Waals surface area contributed by atoms with E-state index in [1.807, 2.05) is 28.8 Å². The fraction of sp³-hybridized carbons (Fsp3) is 0.591. The standard InChI is InChI=1S/C22H32N4O3/c1-21(2,3)29-19(27)16(23)14-22(4,5)25-12-10-15(11-13-25)26-18-9-7-6-8-17(18)24-20(26)28/h6-9,15,23H,10-14H2,1-5H3,(H,24,28). The number of nitrogens with zero attached hydrogens (tertiary/aromatic N) is 2. The SMILES string of the molecule is CC(C)(C)OC(=O)C(=N)CC(C)(C)N1CCC(n2c(=O)[nH]c3ccccc32)CC1. The van der Waals surface area contributed by atoms with Crippen molar-refractivity contribution in [2.45, 2.75) is 71.1 Å². The van der Waals surface area contributed by atoms with Crippen LogP contribution in [0.2, 0.25) is 0 Å². The van der Waals surface area contributed by atoms with Crippen molar-refractivity contribution in [2.75, 3.05) is 13.1 Å². The van der Waals surface area contributed by atoms with Crippen LogP contribution >= 0.6 is 0 Å². The predicted molar refractivity (Wildman–Crippen MR) is 115 cm³/mol. The number of fused-ring (bicyclic) bond motifs is 1. The average molecular weight is 401 g/mol. The number of rotatable bonds is 5. The number of H-pyrrole nitrogens is 1. The van der Waals surface area contributed by atoms with E-state index in [0.29, 0.717) is 6.42 Å². The molecule has 0 radical (unpaired) electrons. The van der Waals surface area contributed by atoms with Crippen molar-refractivity contribution in [3.05, 3.63) is 34.7 Å². The van der Waals surface area contributed by atoms with Gasteiger partial charge in [0.25, 0.3) is 0 Å². The van der Waals surface area contributed by atoms with Crippen molar-refractivity contribution >= 4 is 22.7 Å². The summed E-state index contributed by atoms with van der Waals surface area (Å²) in [5.74, 6) is -0.550. The molecule has 1 aliphatic heterocycles. The maximum atomic E-state index is 12.5. The summed E-state index contributed by atoms with van der Waals surface area (Å²) in [6, 6.07) is 7.93. The quantitative estimate of drug-likeness (QED) is 0.594. The minimum absolute atomic E-state index is 0.0000958. The molecular weight excluding hydrogens is 368 g/mol. The Morgan fingerprint density at radius 1 is 1.17 bits per heavy atom. The van der Waals surface area contributed by atoms with Crippen molar-refractivity contribution < 1.29 is 9.53 Å². The minimum Gasteiger partial charge on any atom is -0.456 e. The second kappa shape index (κ2) is 7.78. The maximum Gasteiger partial charge on any atom is 0.352 e. The Bertz CT molecular complexity index is 956. The molecule has 2 N–H and O–H groups in total. The smallest absolute Gasteiger partial charge is 0.352 e. The molecule has 0 spiro atoms. The van der Waals surface area contributed by atoms with Crippen LogP contribution in [0.4, 0.5) is 0 Å². The molecule has 0 amide bonds. The zero-order valence-corrected chi connectivity index (χ0v) is 18.0. The van der Waals surface area contributed by atoms with E-state index >= 15 is 0 Å². The summed E-state index contributed by atoms with van der Waals surface area (Å²) in [6.45, 7) is 11.2. The summed E-state index contributed by atoms with van der Waals surface area (Å²) in [7, 11) is 0. The first-order valence-electron chi connectivity index (χ1n) is 10.2. The van der Waals surface area contributed by atoms with Gasteiger partial charge >= 0.3 is 11.7 Å². The molecule has 0 atom stereocenters. The van der Waals surface area contributed by atoms with E-state index in [4.69, 9.17) is 10.1 Å². The monoisotopic (exact) mass is 400 g/mol. The van der Waals surface area contributed by atoms with Gasteiger partial charge in [-0.2, -0.15) is 0 Å². The van der Waals surface area contributed by atoms with Gasteiger partial charge in [0.1, 0.15) is 11.3 Å². The van der Waals surface area contributed by atoms with Crippen LogP contribution in [0.25, 0.3) is 11.0 Å². The van der Waals surface area contributed by atoms with E-state index < -0.39 is 11.6 Å². The topological polar surface area (TPSA) is 91.2 Å². The van der Waals surface area contributed by atoms with Gasteiger partial charge in [-0.25, -0.2) is 9.59 Å². The van der Waals surface area contributed by atoms with Crippen LogP contribution < -0.4 is 5.69 Å². The fourth-order valence-electron chi connectivity index (χ4n) is 4.12. The second-order valence-electron chi connectivity index (χ2n) is 9.51. The van der Waals surface area contributed by atoms with Crippen LogP contribution in [0.1, 0.15) is 59.9 Å². The van der Waals surface area contributed by atoms with Gasteiger partial charge in [0.15, 0.2) is 0 Å². The summed E-state index contributed by atoms with van der Waals surface area (Å²) < 4.78 is 7.21. The molecular formula is C22H32N4O3. The maximum absolute atomic E-state index is 12.5. The largest absolute Gasteiger partial charge is 0.456 e. The van der Waals surface area contributed by atoms with E-state index in [1.54, 1.807) is 20.8 Å². The average Bonchev–Trinajstić information content (AvgIpc) is 2.95. The number of piperidine rings is 1. The number of carbonyl (C=O) groups is 1. The third-order valence-electron chi connectivity index (χ3n) is 5.56. The van der Waals surface area contributed by atoms with Crippen molar-refractivity contribution in [3.63, 3.8) is 0 Å². The number of aromatic amines is 1. The summed E-state index contributed by atoms with van der Waals surface area (Å²) in [4.78, 5) is 29.9. The summed E-state index contributed by atoms with van der Waals surface area (Å²) >= 11 is 0. The van der Waals surface area contributed by atoms with Crippen molar-refractivity contribution in [3.8, 4) is 0 Å². The lowest BCUT2D eigenvalue weighted by Gasteiger charge is -2.43. The molecule has 1 aromatic carbocycles. The zero-order valence-electron chi connectivity index (χ0n) is 18.0. The van der Waals surface area contributed by atoms with Gasteiger partial charge in [0.2, 0.25) is 0 Å². The van der Waals surface area contributed by atoms with Crippen LogP contribution in [-0.2, 0) is 9.53 Å². The lowest BCUT2D eigenvalue weighted by Crippen LogP contribution is -2.50. The van der Waals surface area contributed by atoms with Gasteiger partial charge in [-0.05, 0) is 59.6 Å². The van der Waals surface area contributed by atoms with Gasteiger partial charge in [-0.15, -0.1) is 0 Å². The molecule has 2 aromatic rings. The predicted octanol–water partition coefficient (Wildman–Crippen LogP) is 3.50. The third kappa shape index (κ3) is 4.78. The molecule has 0 unspecified atom stereocenters. The molecule has 0 aliphatic carbocycles. The highest BCUT2D eigenvalue weighted by Gasteiger charge is 2.34. The van der Waals surface area contributed by atoms with Crippen molar-refractivity contribution in [1.82, 2.24) is 14.5 Å². The minimum atomic E-state index is -0.599. The Morgan fingerprint density at radius 2 is 1.79 bits per heavy atom. The molecule has 2 heterocycles. The third-order valence-corrected chi connectivity index (χ3v) is 5.56. The number of likely N-dealkylation sites (tertiary alicyclic amines) is 1. The fourth-order valence-corrected chi connectivity index (χ4v) is 4.12. The molecule has 0 saturated carbocycles. The molecule has 158 valence electrons. The van der Waals surface area contributed by atoms with E-state index in [0.717, 1.165) is 37.0 Å². The highest BCUT2D eigenvalue weighted by molar-refractivity contribution is 6.35. The molecule has 7 nitrogen and oxygen atoms in total. The number of nitrogens with one attached hydrogen (secondary N) is 2. The molecule has 0 bridgehead atoms. The van der Waals surface area contributed by atoms with Crippen molar-refractivity contribution in [2.24, 2.45) is 0 Å². The molecule has 29 heavy (non-hydrogen) atoms. The Balaban J connectivity index is 1.65. The number of esters is 1. The Morgan fingerprint density at radius 3 is 2.41 bits per heavy atom. The summed E-state index contributed by atoms with van der Waals surface area (Å²) in [5, 5.41) is 8.17. The number of hydrogen-bond donors (Lipinski definition) is 2. The normalized spacial score (nSPS) is 16.9. The first-order chi connectivity index (χ1) is 13.5. The van der Waals surface area contributed by atoms with Gasteiger partial charge < -0.3 is 9.72 Å². The number of aromatic nitrogens is 2. The number of benzene rings is 1. The van der Waals surface area contributed by atoms with E-state index in [1.165, 1.54) is 0 Å². The van der Waals surface area contributed by atoms with Crippen molar-refractivity contribution in [1.29, 1.82) is 5.41 Å². The zero-order chi connectivity index (χ0) is 21.4. The van der Waals surface area contributed by atoms with Crippen LogP contribution in [0.5, 0.6) is 0 Å². The van der Waals surface area contributed by atoms with Crippen LogP contribution in [0.15, 0.2) is 29.1 Å². The van der Waals surface area contributed by atoms with Crippen LogP contribution in [0.3, 0.4) is 0 Å². The van der Waals surface area contributed by atoms with Crippen LogP contribution in [-0.4, -0.2) is 50.4 Å². The number of para-hydroxylation sites is 2. The number of ether oxygens (including phenoxy) is 1. The van der Waals surface area contributed by atoms with Gasteiger partial charge in [-0.3, -0.25) is 14.9 Å². The molecule has 1 aliphatic rings. The first kappa shape index (κ1) is 21.3. The van der Waals surface area contributed by atoms with E-state index in [9.17, 15) is 9.59 Å². The first-order valence-corrected chi connectivity index (χ1v) is 10.2. The van der Waals surface area contributed by atoms with Gasteiger partial charge in [0.05, 0.1) is 11.0 Å². The van der Waals surface area contributed by atoms with Gasteiger partial charge in [-0.1, -0.05) is 12.1 Å². The lowest BCUT2D eigenvalue weighted by molar-refractivity contribution is -0.146.